The van der Waals surface area contributed by atoms with Gasteiger partial charge in [-0.2, -0.15) is 0 Å². The summed E-state index contributed by atoms with van der Waals surface area (Å²) in [5, 5.41) is 0. The van der Waals surface area contributed by atoms with Crippen LogP contribution in [0.4, 0.5) is 0 Å². The molecule has 3 fully saturated rings. The summed E-state index contributed by atoms with van der Waals surface area (Å²) < 4.78 is 34.6. The summed E-state index contributed by atoms with van der Waals surface area (Å²) in [5.74, 6) is -2.69. The van der Waals surface area contributed by atoms with Gasteiger partial charge >= 0.3 is 17.9 Å². The van der Waals surface area contributed by atoms with Crippen molar-refractivity contribution in [3.63, 3.8) is 0 Å². The van der Waals surface area contributed by atoms with Crippen molar-refractivity contribution in [1.82, 2.24) is 0 Å². The summed E-state index contributed by atoms with van der Waals surface area (Å²) >= 11 is 0. The molecule has 10 heteroatoms. The van der Waals surface area contributed by atoms with E-state index in [1.165, 1.54) is 0 Å². The second-order valence-corrected chi connectivity index (χ2v) is 16.7. The molecule has 3 saturated heterocycles. The van der Waals surface area contributed by atoms with Gasteiger partial charge in [0.15, 0.2) is 24.3 Å². The molecular formula is C25H34O9Si. The van der Waals surface area contributed by atoms with Crippen LogP contribution in [0, 0.1) is 5.41 Å². The van der Waals surface area contributed by atoms with Crippen LogP contribution < -0.4 is 0 Å². The molecule has 0 N–H and O–H groups in total. The molecule has 4 rings (SSSR count). The zero-order valence-electron chi connectivity index (χ0n) is 21.3. The molecule has 192 valence electrons. The van der Waals surface area contributed by atoms with Gasteiger partial charge in [-0.05, 0) is 39.3 Å². The van der Waals surface area contributed by atoms with Crippen molar-refractivity contribution in [2.24, 2.45) is 5.41 Å². The SMILES string of the molecule is CCC(C)(C)C(=O)OC1C(=O)OC2C3OC(C)(c4ccc(C(=O)OC[Si](C)(C)C)cc4)OC3OC12. The van der Waals surface area contributed by atoms with Gasteiger partial charge in [0.2, 0.25) is 6.10 Å². The van der Waals surface area contributed by atoms with Gasteiger partial charge in [0.25, 0.3) is 0 Å². The molecule has 3 aliphatic rings. The topological polar surface area (TPSA) is 107 Å². The van der Waals surface area contributed by atoms with Crippen LogP contribution in [-0.2, 0) is 43.8 Å². The Bertz CT molecular complexity index is 999. The van der Waals surface area contributed by atoms with Crippen LogP contribution in [0.5, 0.6) is 0 Å². The molecule has 0 radical (unpaired) electrons. The van der Waals surface area contributed by atoms with E-state index in [1.807, 2.05) is 6.92 Å². The molecule has 3 aliphatic heterocycles. The second kappa shape index (κ2) is 8.99. The van der Waals surface area contributed by atoms with Crippen molar-refractivity contribution in [2.45, 2.75) is 90.2 Å². The fraction of sp³-hybridized carbons (Fsp3) is 0.640. The first-order valence-electron chi connectivity index (χ1n) is 11.9. The molecule has 0 aliphatic carbocycles. The molecule has 0 saturated carbocycles. The van der Waals surface area contributed by atoms with Crippen molar-refractivity contribution >= 4 is 26.0 Å². The van der Waals surface area contributed by atoms with Crippen molar-refractivity contribution in [1.29, 1.82) is 0 Å². The Hall–Kier alpha value is -2.27. The number of esters is 3. The predicted octanol–water partition coefficient (Wildman–Crippen LogP) is 3.31. The van der Waals surface area contributed by atoms with Gasteiger partial charge in [-0.1, -0.05) is 38.7 Å². The first-order valence-corrected chi connectivity index (χ1v) is 15.7. The first kappa shape index (κ1) is 25.8. The third kappa shape index (κ3) is 5.02. The monoisotopic (exact) mass is 506 g/mol. The number of hydrogen-bond donors (Lipinski definition) is 0. The fourth-order valence-corrected chi connectivity index (χ4v) is 4.60. The first-order chi connectivity index (χ1) is 16.2. The molecule has 0 amide bonds. The molecule has 1 aromatic rings. The van der Waals surface area contributed by atoms with E-state index in [4.69, 9.17) is 28.4 Å². The van der Waals surface area contributed by atoms with Crippen LogP contribution in [0.1, 0.15) is 50.0 Å². The van der Waals surface area contributed by atoms with Crippen molar-refractivity contribution < 1.29 is 42.8 Å². The smallest absolute Gasteiger partial charge is 0.350 e. The lowest BCUT2D eigenvalue weighted by atomic mass is 9.90. The van der Waals surface area contributed by atoms with Gasteiger partial charge in [-0.15, -0.1) is 0 Å². The predicted molar refractivity (Wildman–Crippen MR) is 126 cm³/mol. The average Bonchev–Trinajstić information content (AvgIpc) is 3.39. The summed E-state index contributed by atoms with van der Waals surface area (Å²) in [4.78, 5) is 37.3. The standard InChI is InChI=1S/C25H34O9Si/c1-8-24(2,3)23(28)32-18-16-17(30-21(18)27)19-22(31-16)34-25(4,33-19)15-11-9-14(10-12-15)20(26)29-13-35(5,6)7/h9-12,16-19,22H,8,13H2,1-7H3. The van der Waals surface area contributed by atoms with E-state index in [9.17, 15) is 14.4 Å². The van der Waals surface area contributed by atoms with E-state index >= 15 is 0 Å². The van der Waals surface area contributed by atoms with E-state index in [2.05, 4.69) is 19.6 Å². The maximum atomic E-state index is 12.5. The van der Waals surface area contributed by atoms with Gasteiger partial charge in [0, 0.05) is 5.56 Å². The Balaban J connectivity index is 1.41. The van der Waals surface area contributed by atoms with Crippen molar-refractivity contribution in [2.75, 3.05) is 6.23 Å². The van der Waals surface area contributed by atoms with E-state index in [1.54, 1.807) is 45.0 Å². The van der Waals surface area contributed by atoms with Crippen LogP contribution in [0.3, 0.4) is 0 Å². The summed E-state index contributed by atoms with van der Waals surface area (Å²) in [5.41, 5.74) is 0.381. The third-order valence-corrected chi connectivity index (χ3v) is 7.65. The summed E-state index contributed by atoms with van der Waals surface area (Å²) in [7, 11) is -1.51. The lowest BCUT2D eigenvalue weighted by molar-refractivity contribution is -0.232. The lowest BCUT2D eigenvalue weighted by Crippen LogP contribution is -2.40. The zero-order valence-corrected chi connectivity index (χ0v) is 22.3. The van der Waals surface area contributed by atoms with Gasteiger partial charge < -0.3 is 28.4 Å². The molecule has 6 atom stereocenters. The van der Waals surface area contributed by atoms with Crippen molar-refractivity contribution in [3.05, 3.63) is 35.4 Å². The molecule has 9 nitrogen and oxygen atoms in total. The van der Waals surface area contributed by atoms with Gasteiger partial charge in [0.1, 0.15) is 6.10 Å². The highest BCUT2D eigenvalue weighted by Crippen LogP contribution is 2.47. The highest BCUT2D eigenvalue weighted by Gasteiger charge is 2.65. The maximum Gasteiger partial charge on any atom is 0.350 e. The fourth-order valence-electron chi connectivity index (χ4n) is 4.04. The highest BCUT2D eigenvalue weighted by molar-refractivity contribution is 6.76. The van der Waals surface area contributed by atoms with Crippen LogP contribution in [0.15, 0.2) is 24.3 Å². The Kier molecular flexibility index (Phi) is 6.63. The van der Waals surface area contributed by atoms with Crippen LogP contribution >= 0.6 is 0 Å². The van der Waals surface area contributed by atoms with Crippen LogP contribution in [0.2, 0.25) is 19.6 Å². The minimum absolute atomic E-state index is 0.370. The molecular weight excluding hydrogens is 472 g/mol. The van der Waals surface area contributed by atoms with Crippen molar-refractivity contribution in [3.8, 4) is 0 Å². The highest BCUT2D eigenvalue weighted by atomic mass is 28.3. The number of hydrogen-bond acceptors (Lipinski definition) is 9. The quantitative estimate of drug-likeness (QED) is 0.313. The van der Waals surface area contributed by atoms with Gasteiger partial charge in [-0.25, -0.2) is 9.59 Å². The molecule has 35 heavy (non-hydrogen) atoms. The minimum Gasteiger partial charge on any atom is -0.466 e. The average molecular weight is 507 g/mol. The number of ether oxygens (including phenoxy) is 6. The molecule has 6 unspecified atom stereocenters. The Morgan fingerprint density at radius 1 is 1.06 bits per heavy atom. The van der Waals surface area contributed by atoms with Gasteiger partial charge in [0.05, 0.1) is 25.3 Å². The van der Waals surface area contributed by atoms with E-state index in [0.717, 1.165) is 0 Å². The second-order valence-electron chi connectivity index (χ2n) is 11.3. The Labute approximate surface area is 206 Å². The Morgan fingerprint density at radius 3 is 2.31 bits per heavy atom. The molecule has 0 spiro atoms. The molecule has 0 aromatic heterocycles. The number of benzene rings is 1. The van der Waals surface area contributed by atoms with E-state index in [0.29, 0.717) is 23.8 Å². The number of carbonyl (C=O) groups excluding carboxylic acids is 3. The summed E-state index contributed by atoms with van der Waals surface area (Å²) in [6.45, 7) is 13.5. The Morgan fingerprint density at radius 2 is 1.71 bits per heavy atom. The largest absolute Gasteiger partial charge is 0.466 e. The van der Waals surface area contributed by atoms with Crippen LogP contribution in [-0.4, -0.2) is 62.9 Å². The van der Waals surface area contributed by atoms with Gasteiger partial charge in [-0.3, -0.25) is 4.79 Å². The molecule has 0 bridgehead atoms. The van der Waals surface area contributed by atoms with Crippen LogP contribution in [0.25, 0.3) is 0 Å². The molecule has 1 aromatic carbocycles. The number of rotatable bonds is 7. The van der Waals surface area contributed by atoms with E-state index < -0.39 is 61.9 Å². The minimum atomic E-state index is -1.51. The molecule has 3 heterocycles. The lowest BCUT2D eigenvalue weighted by Gasteiger charge is -2.27. The number of fused-ring (bicyclic) bond motifs is 3. The summed E-state index contributed by atoms with van der Waals surface area (Å²) in [6, 6.07) is 6.81. The number of carbonyl (C=O) groups is 3. The zero-order chi connectivity index (χ0) is 25.8. The summed E-state index contributed by atoms with van der Waals surface area (Å²) in [6.07, 6.45) is -3.19. The van der Waals surface area contributed by atoms with E-state index in [-0.39, 0.29) is 5.97 Å². The third-order valence-electron chi connectivity index (χ3n) is 6.64. The maximum absolute atomic E-state index is 12.5. The normalized spacial score (nSPS) is 32.1.